The Morgan fingerprint density at radius 3 is 1.93 bits per heavy atom. The molecule has 6 heterocycles. The third-order valence-corrected chi connectivity index (χ3v) is 21.7. The Morgan fingerprint density at radius 2 is 1.28 bits per heavy atom. The van der Waals surface area contributed by atoms with Gasteiger partial charge in [0.05, 0.1) is 78.8 Å². The Labute approximate surface area is 525 Å². The smallest absolute Gasteiger partial charge is 0.346 e. The molecule has 1 spiro atoms. The molecule has 7 fully saturated rings. The first-order valence-electron chi connectivity index (χ1n) is 33.2. The van der Waals surface area contributed by atoms with Crippen LogP contribution in [0.3, 0.4) is 0 Å². The predicted molar refractivity (Wildman–Crippen MR) is 322 cm³/mol. The topological polar surface area (TPSA) is 286 Å². The van der Waals surface area contributed by atoms with Crippen molar-refractivity contribution in [2.45, 2.75) is 295 Å². The van der Waals surface area contributed by atoms with E-state index in [1.165, 1.54) is 6.92 Å². The van der Waals surface area contributed by atoms with Crippen molar-refractivity contribution < 1.29 is 97.1 Å². The van der Waals surface area contributed by atoms with Gasteiger partial charge in [-0.15, -0.1) is 0 Å². The monoisotopic (exact) mass is 1250 g/mol. The van der Waals surface area contributed by atoms with Crippen molar-refractivity contribution in [2.75, 3.05) is 0 Å². The quantitative estimate of drug-likeness (QED) is 0.0556. The summed E-state index contributed by atoms with van der Waals surface area (Å²) in [6.07, 6.45) is 1.45. The fraction of sp³-hybridized carbons (Fsp3) is 0.809. The van der Waals surface area contributed by atoms with Gasteiger partial charge in [0.15, 0.2) is 37.1 Å². The third-order valence-electron chi connectivity index (χ3n) is 21.7. The number of esters is 1. The van der Waals surface area contributed by atoms with Gasteiger partial charge < -0.3 is 88.1 Å². The molecule has 500 valence electrons. The summed E-state index contributed by atoms with van der Waals surface area (Å²) in [5.74, 6) is -4.60. The summed E-state index contributed by atoms with van der Waals surface area (Å²) in [5, 5.41) is 71.0. The lowest BCUT2D eigenvalue weighted by Gasteiger charge is -2.57. The van der Waals surface area contributed by atoms with E-state index in [9.17, 15) is 40.2 Å². The minimum absolute atomic E-state index is 0.0209. The number of aliphatic hydroxyl groups is 6. The molecule has 2 unspecified atom stereocenters. The first-order valence-corrected chi connectivity index (χ1v) is 33.2. The Balaban J connectivity index is 0.961. The van der Waals surface area contributed by atoms with Gasteiger partial charge in [0.1, 0.15) is 29.6 Å². The second-order valence-corrected chi connectivity index (χ2v) is 28.7. The number of hydrogen-bond donors (Lipinski definition) is 7. The van der Waals surface area contributed by atoms with Crippen molar-refractivity contribution >= 4 is 17.7 Å². The number of Topliss-reactive ketones (excluding diaryl/α,β-unsaturated/α-hetero) is 1. The van der Waals surface area contributed by atoms with E-state index in [1.54, 1.807) is 34.6 Å². The molecule has 10 aliphatic rings. The molecular weight excluding hydrogens is 1150 g/mol. The van der Waals surface area contributed by atoms with Crippen molar-refractivity contribution in [3.8, 4) is 0 Å². The minimum atomic E-state index is -1.66. The molecule has 2 bridgehead atoms. The highest BCUT2D eigenvalue weighted by molar-refractivity contribution is 6.26. The lowest BCUT2D eigenvalue weighted by Crippen LogP contribution is -2.62. The summed E-state index contributed by atoms with van der Waals surface area (Å²) in [6, 6.07) is -0.687. The largest absolute Gasteiger partial charge is 0.511 e. The van der Waals surface area contributed by atoms with Crippen molar-refractivity contribution in [1.82, 2.24) is 5.32 Å². The van der Waals surface area contributed by atoms with Gasteiger partial charge in [-0.3, -0.25) is 9.59 Å². The molecule has 6 aliphatic heterocycles. The Morgan fingerprint density at radius 1 is 0.652 bits per heavy atom. The maximum absolute atomic E-state index is 15.8. The van der Waals surface area contributed by atoms with E-state index in [2.05, 4.69) is 57.3 Å². The van der Waals surface area contributed by atoms with Crippen molar-refractivity contribution in [3.63, 3.8) is 0 Å². The van der Waals surface area contributed by atoms with E-state index in [-0.39, 0.29) is 78.9 Å². The van der Waals surface area contributed by atoms with E-state index in [0.29, 0.717) is 19.3 Å². The van der Waals surface area contributed by atoms with Crippen LogP contribution in [0.4, 0.5) is 0 Å². The zero-order valence-corrected chi connectivity index (χ0v) is 54.6. The molecule has 31 atom stereocenters. The number of fused-ring (bicyclic) bond motifs is 4. The second-order valence-electron chi connectivity index (χ2n) is 28.7. The Hall–Kier alpha value is -3.49. The number of amides is 1. The lowest BCUT2D eigenvalue weighted by atomic mass is 9.49. The molecule has 21 heteroatoms. The number of nitrogens with one attached hydrogen (secondary N) is 1. The van der Waals surface area contributed by atoms with Crippen LogP contribution in [-0.4, -0.2) is 182 Å². The third kappa shape index (κ3) is 13.6. The van der Waals surface area contributed by atoms with Crippen LogP contribution in [0, 0.1) is 52.8 Å². The second kappa shape index (κ2) is 27.1. The highest BCUT2D eigenvalue weighted by Crippen LogP contribution is 2.61. The maximum atomic E-state index is 15.8. The number of carbonyl (C=O) groups excluding carboxylic acids is 3. The summed E-state index contributed by atoms with van der Waals surface area (Å²) in [6.45, 7) is 26.3. The van der Waals surface area contributed by atoms with Crippen LogP contribution in [0.15, 0.2) is 58.9 Å². The molecule has 0 aromatic heterocycles. The van der Waals surface area contributed by atoms with Crippen molar-refractivity contribution in [1.29, 1.82) is 0 Å². The molecule has 4 aliphatic carbocycles. The molecule has 0 aromatic carbocycles. The van der Waals surface area contributed by atoms with E-state index in [4.69, 9.17) is 52.1 Å². The first kappa shape index (κ1) is 68.4. The van der Waals surface area contributed by atoms with Crippen LogP contribution in [0.2, 0.25) is 0 Å². The number of hydrogen-bond acceptors (Lipinski definition) is 20. The van der Waals surface area contributed by atoms with E-state index in [1.807, 2.05) is 39.8 Å². The maximum Gasteiger partial charge on any atom is 0.346 e. The van der Waals surface area contributed by atoms with Gasteiger partial charge in [0.2, 0.25) is 11.7 Å². The van der Waals surface area contributed by atoms with Gasteiger partial charge in [-0.1, -0.05) is 83.1 Å². The van der Waals surface area contributed by atoms with Gasteiger partial charge in [0, 0.05) is 74.5 Å². The Bertz CT molecular complexity index is 2690. The summed E-state index contributed by atoms with van der Waals surface area (Å²) < 4.78 is 72.3. The van der Waals surface area contributed by atoms with Gasteiger partial charge in [-0.2, -0.15) is 0 Å². The van der Waals surface area contributed by atoms with E-state index in [0.717, 1.165) is 24.0 Å². The predicted octanol–water partition coefficient (Wildman–Crippen LogP) is 6.99. The van der Waals surface area contributed by atoms with Crippen LogP contribution in [0.5, 0.6) is 0 Å². The highest BCUT2D eigenvalue weighted by Gasteiger charge is 2.64. The molecule has 1 saturated carbocycles. The molecule has 10 rings (SSSR count). The van der Waals surface area contributed by atoms with Gasteiger partial charge in [0.25, 0.3) is 0 Å². The van der Waals surface area contributed by atoms with E-state index < -0.39 is 169 Å². The number of allylic oxidation sites excluding steroid dienone is 4. The number of ether oxygens (including phenoxy) is 11. The summed E-state index contributed by atoms with van der Waals surface area (Å²) in [4.78, 5) is 42.9. The number of ketones is 1. The zero-order valence-electron chi connectivity index (χ0n) is 54.6. The molecule has 1 amide bonds. The van der Waals surface area contributed by atoms with Crippen molar-refractivity contribution in [3.05, 3.63) is 58.9 Å². The minimum Gasteiger partial charge on any atom is -0.511 e. The SMILES string of the molecule is CCC[C@H]1C=C[C@H]2/C=C(\C)[C@@H](O[C@H]3C[C@](C)(O)[C@@H](NC(C)=O)[C@H](C)O3)C(C)C=C(C)[C@@H]3C=C[C@@H]4[C@@H](O[C@@H]5CC(O[C@H]6CC[C@H](O)[C@@H](C)O6)[C@H](O[C@@H]6C[C@@H](O)[C@H](O[C@@H]7C[C@@H](O)[C@H](O)[C@@H](C)O7)[C@@H](C)O6)[C@@H](C)O5)[C@@H](C)C[C@H](C)[C@H]4[C@]3(C)/C(O)=C3/C(=O)O[C@]2(C1)C3=O. The summed E-state index contributed by atoms with van der Waals surface area (Å²) >= 11 is 0. The number of aliphatic hydroxyl groups excluding tert-OH is 5. The molecule has 0 aromatic rings. The van der Waals surface area contributed by atoms with Crippen molar-refractivity contribution in [2.24, 2.45) is 52.8 Å². The fourth-order valence-electron chi connectivity index (χ4n) is 17.3. The average molecular weight is 1250 g/mol. The Kier molecular flexibility index (Phi) is 20.8. The zero-order chi connectivity index (χ0) is 64.5. The normalized spacial score (nSPS) is 51.0. The first-order chi connectivity index (χ1) is 41.9. The lowest BCUT2D eigenvalue weighted by molar-refractivity contribution is -0.351. The molecule has 89 heavy (non-hydrogen) atoms. The van der Waals surface area contributed by atoms with Gasteiger partial charge in [-0.25, -0.2) is 4.79 Å². The molecule has 21 nitrogen and oxygen atoms in total. The van der Waals surface area contributed by atoms with Gasteiger partial charge in [-0.05, 0) is 104 Å². The fourth-order valence-corrected chi connectivity index (χ4v) is 17.3. The standard InChI is InChI=1S/C68H103NO20/c1-15-16-42-17-18-43-25-35(6)58(88-54-30-66(13,78)62(40(11)83-54)69-41(12)70)33(4)23-31(2)45-20-19-44-56(67(45,14)63(75)55-64(76)68(43,29-42)89-65(55)77)32(3)24-34(5)59(44)85-53-28-49(84-50-22-21-46(71)36(7)79-50)61(39(10)82-53)87-52-27-48(73)60(38(9)81-52)86-51-26-47(72)57(74)37(8)80-51/h17-20,23,25,32-34,36-40,42-54,56-62,71-75,78H,15-16,21-22,24,26-30H2,1-14H3,(H,69,70)/b31-23?,35-25+,63-55-/t32-,33?,34-,36+,37+,38+,39+,40-,42-,43-,44-,45-,46-,47+,48+,49?,50-,51+,52+,53+,54-,56+,57+,58-,59-,60+,61+,62-,66-,67+,68-/m0/s1. The van der Waals surface area contributed by atoms with Gasteiger partial charge >= 0.3 is 5.97 Å². The molecule has 0 radical (unpaired) electrons. The summed E-state index contributed by atoms with van der Waals surface area (Å²) in [7, 11) is 0. The molecule has 7 N–H and O–H groups in total. The van der Waals surface area contributed by atoms with Crippen LogP contribution in [0.25, 0.3) is 0 Å². The van der Waals surface area contributed by atoms with Crippen LogP contribution >= 0.6 is 0 Å². The highest BCUT2D eigenvalue weighted by atomic mass is 16.8. The average Bonchev–Trinajstić information content (AvgIpc) is 1.70. The molecular formula is C68H103NO20. The van der Waals surface area contributed by atoms with Crippen LogP contribution in [0.1, 0.15) is 161 Å². The van der Waals surface area contributed by atoms with E-state index >= 15 is 4.79 Å². The molecule has 6 saturated heterocycles. The number of rotatable bonds is 13. The summed E-state index contributed by atoms with van der Waals surface area (Å²) in [5.41, 5.74) is -3.02. The van der Waals surface area contributed by atoms with Crippen LogP contribution < -0.4 is 5.32 Å². The van der Waals surface area contributed by atoms with Crippen LogP contribution in [-0.2, 0) is 66.5 Å². The number of carbonyl (C=O) groups is 3.